The molecule has 0 radical (unpaired) electrons. The van der Waals surface area contributed by atoms with Crippen molar-refractivity contribution in [3.8, 4) is 0 Å². The molecule has 1 unspecified atom stereocenters. The molecule has 1 rings (SSSR count). The zero-order valence-corrected chi connectivity index (χ0v) is 8.93. The summed E-state index contributed by atoms with van der Waals surface area (Å²) in [5.74, 6) is 0. The molecule has 1 heterocycles. The van der Waals surface area contributed by atoms with Crippen molar-refractivity contribution in [3.05, 3.63) is 5.51 Å². The van der Waals surface area contributed by atoms with Gasteiger partial charge in [-0.2, -0.15) is 0 Å². The van der Waals surface area contributed by atoms with E-state index in [2.05, 4.69) is 36.3 Å². The van der Waals surface area contributed by atoms with Crippen LogP contribution in [0.2, 0.25) is 0 Å². The Labute approximate surface area is 82.0 Å². The Bertz CT molecular complexity index is 242. The maximum absolute atomic E-state index is 9.15. The third-order valence-corrected chi connectivity index (χ3v) is 2.51. The summed E-state index contributed by atoms with van der Waals surface area (Å²) in [5.41, 5.74) is 1.68. The number of hydrogen-bond donors (Lipinski definition) is 2. The van der Waals surface area contributed by atoms with E-state index in [-0.39, 0.29) is 18.1 Å². The van der Waals surface area contributed by atoms with Gasteiger partial charge in [-0.25, -0.2) is 0 Å². The second-order valence-corrected chi connectivity index (χ2v) is 4.82. The molecule has 0 aliphatic rings. The molecule has 0 aromatic carbocycles. The Balaban J connectivity index is 2.60. The van der Waals surface area contributed by atoms with Gasteiger partial charge in [0.1, 0.15) is 5.51 Å². The minimum absolute atomic E-state index is 0.0143. The molecule has 0 spiro atoms. The lowest BCUT2D eigenvalue weighted by molar-refractivity contribution is 0.202. The van der Waals surface area contributed by atoms with Crippen LogP contribution in [0.4, 0.5) is 5.13 Å². The van der Waals surface area contributed by atoms with E-state index < -0.39 is 0 Å². The minimum Gasteiger partial charge on any atom is -0.394 e. The first kappa shape index (κ1) is 10.4. The van der Waals surface area contributed by atoms with E-state index in [1.54, 1.807) is 5.51 Å². The Hall–Kier alpha value is -0.680. The lowest BCUT2D eigenvalue weighted by Gasteiger charge is -2.29. The molecule has 0 amide bonds. The molecule has 0 saturated carbocycles. The van der Waals surface area contributed by atoms with Gasteiger partial charge in [0.25, 0.3) is 0 Å². The van der Waals surface area contributed by atoms with Crippen molar-refractivity contribution >= 4 is 16.5 Å². The van der Waals surface area contributed by atoms with Gasteiger partial charge in [0, 0.05) is 0 Å². The molecule has 0 aliphatic carbocycles. The van der Waals surface area contributed by atoms with Crippen LogP contribution in [0, 0.1) is 5.41 Å². The van der Waals surface area contributed by atoms with Crippen LogP contribution in [0.5, 0.6) is 0 Å². The van der Waals surface area contributed by atoms with E-state index in [1.165, 1.54) is 11.3 Å². The van der Waals surface area contributed by atoms with Crippen LogP contribution in [-0.4, -0.2) is 28.0 Å². The van der Waals surface area contributed by atoms with Gasteiger partial charge in [0.2, 0.25) is 5.13 Å². The number of aliphatic hydroxyl groups is 1. The van der Waals surface area contributed by atoms with Crippen LogP contribution >= 0.6 is 11.3 Å². The summed E-state index contributed by atoms with van der Waals surface area (Å²) in [6, 6.07) is 0.0143. The van der Waals surface area contributed by atoms with Crippen molar-refractivity contribution < 1.29 is 5.11 Å². The highest BCUT2D eigenvalue weighted by molar-refractivity contribution is 7.13. The van der Waals surface area contributed by atoms with Gasteiger partial charge in [-0.15, -0.1) is 10.2 Å². The number of hydrogen-bond acceptors (Lipinski definition) is 5. The van der Waals surface area contributed by atoms with E-state index >= 15 is 0 Å². The molecule has 5 heteroatoms. The molecule has 4 nitrogen and oxygen atoms in total. The van der Waals surface area contributed by atoms with Gasteiger partial charge < -0.3 is 10.4 Å². The molecule has 0 saturated heterocycles. The number of rotatable bonds is 3. The number of nitrogens with zero attached hydrogens (tertiary/aromatic N) is 2. The maximum Gasteiger partial charge on any atom is 0.205 e. The molecule has 0 bridgehead atoms. The van der Waals surface area contributed by atoms with E-state index in [1.807, 2.05) is 0 Å². The summed E-state index contributed by atoms with van der Waals surface area (Å²) in [6.45, 7) is 6.31. The number of aliphatic hydroxyl groups excluding tert-OH is 1. The topological polar surface area (TPSA) is 58.0 Å². The number of anilines is 1. The fraction of sp³-hybridized carbons (Fsp3) is 0.750. The molecule has 13 heavy (non-hydrogen) atoms. The molecule has 1 atom stereocenters. The third-order valence-electron chi connectivity index (χ3n) is 1.89. The SMILES string of the molecule is CC(C)(C)C(CO)Nc1nncs1. The lowest BCUT2D eigenvalue weighted by atomic mass is 9.87. The second kappa shape index (κ2) is 4.02. The zero-order valence-electron chi connectivity index (χ0n) is 8.11. The van der Waals surface area contributed by atoms with Gasteiger partial charge in [-0.1, -0.05) is 32.1 Å². The average Bonchev–Trinajstić information content (AvgIpc) is 2.49. The van der Waals surface area contributed by atoms with E-state index in [4.69, 9.17) is 5.11 Å². The maximum atomic E-state index is 9.15. The van der Waals surface area contributed by atoms with Crippen LogP contribution in [0.25, 0.3) is 0 Å². The summed E-state index contributed by atoms with van der Waals surface area (Å²) < 4.78 is 0. The molecular formula is C8H15N3OS. The first-order chi connectivity index (χ1) is 6.04. The van der Waals surface area contributed by atoms with E-state index in [0.717, 1.165) is 5.13 Å². The Kier molecular flexibility index (Phi) is 3.22. The number of nitrogens with one attached hydrogen (secondary N) is 1. The van der Waals surface area contributed by atoms with Gasteiger partial charge in [-0.3, -0.25) is 0 Å². The smallest absolute Gasteiger partial charge is 0.205 e. The predicted molar refractivity (Wildman–Crippen MR) is 53.9 cm³/mol. The van der Waals surface area contributed by atoms with Gasteiger partial charge >= 0.3 is 0 Å². The normalized spacial score (nSPS) is 14.2. The van der Waals surface area contributed by atoms with Crippen LogP contribution in [-0.2, 0) is 0 Å². The molecule has 2 N–H and O–H groups in total. The highest BCUT2D eigenvalue weighted by atomic mass is 32.1. The predicted octanol–water partition coefficient (Wildman–Crippen LogP) is 1.36. The van der Waals surface area contributed by atoms with Crippen molar-refractivity contribution in [1.29, 1.82) is 0 Å². The van der Waals surface area contributed by atoms with Gasteiger partial charge in [-0.05, 0) is 5.41 Å². The summed E-state index contributed by atoms with van der Waals surface area (Å²) in [7, 11) is 0. The summed E-state index contributed by atoms with van der Waals surface area (Å²) in [4.78, 5) is 0. The van der Waals surface area contributed by atoms with Crippen LogP contribution in [0.1, 0.15) is 20.8 Å². The standard InChI is InChI=1S/C8H15N3OS/c1-8(2,3)6(4-12)10-7-11-9-5-13-7/h5-6,12H,4H2,1-3H3,(H,10,11). The van der Waals surface area contributed by atoms with Crippen LogP contribution in [0.3, 0.4) is 0 Å². The quantitative estimate of drug-likeness (QED) is 0.775. The van der Waals surface area contributed by atoms with E-state index in [9.17, 15) is 0 Å². The fourth-order valence-corrected chi connectivity index (χ4v) is 1.42. The van der Waals surface area contributed by atoms with Crippen molar-refractivity contribution in [2.45, 2.75) is 26.8 Å². The monoisotopic (exact) mass is 201 g/mol. The van der Waals surface area contributed by atoms with Crippen molar-refractivity contribution in [3.63, 3.8) is 0 Å². The third kappa shape index (κ3) is 2.93. The molecule has 0 fully saturated rings. The average molecular weight is 201 g/mol. The molecule has 74 valence electrons. The van der Waals surface area contributed by atoms with Gasteiger partial charge in [0.05, 0.1) is 12.6 Å². The van der Waals surface area contributed by atoms with Gasteiger partial charge in [0.15, 0.2) is 0 Å². The zero-order chi connectivity index (χ0) is 9.90. The first-order valence-electron chi connectivity index (χ1n) is 4.17. The Morgan fingerprint density at radius 3 is 2.69 bits per heavy atom. The number of aromatic nitrogens is 2. The van der Waals surface area contributed by atoms with Crippen molar-refractivity contribution in [1.82, 2.24) is 10.2 Å². The van der Waals surface area contributed by atoms with E-state index in [0.29, 0.717) is 0 Å². The fourth-order valence-electron chi connectivity index (χ4n) is 0.921. The summed E-state index contributed by atoms with van der Waals surface area (Å²) >= 11 is 1.44. The lowest BCUT2D eigenvalue weighted by Crippen LogP contribution is -2.37. The Morgan fingerprint density at radius 2 is 2.31 bits per heavy atom. The van der Waals surface area contributed by atoms with Crippen molar-refractivity contribution in [2.24, 2.45) is 5.41 Å². The minimum atomic E-state index is 0.0143. The molecule has 1 aromatic rings. The first-order valence-corrected chi connectivity index (χ1v) is 5.05. The van der Waals surface area contributed by atoms with Crippen LogP contribution in [0.15, 0.2) is 5.51 Å². The molecule has 1 aromatic heterocycles. The highest BCUT2D eigenvalue weighted by Gasteiger charge is 2.24. The van der Waals surface area contributed by atoms with Crippen molar-refractivity contribution in [2.75, 3.05) is 11.9 Å². The summed E-state index contributed by atoms with van der Waals surface area (Å²) in [5, 5.41) is 20.6. The van der Waals surface area contributed by atoms with Crippen LogP contribution < -0.4 is 5.32 Å². The largest absolute Gasteiger partial charge is 0.394 e. The highest BCUT2D eigenvalue weighted by Crippen LogP contribution is 2.23. The molecular weight excluding hydrogens is 186 g/mol. The summed E-state index contributed by atoms with van der Waals surface area (Å²) in [6.07, 6.45) is 0. The Morgan fingerprint density at radius 1 is 1.62 bits per heavy atom. The second-order valence-electron chi connectivity index (χ2n) is 3.99. The molecule has 0 aliphatic heterocycles.